The molecule has 0 aliphatic carbocycles. The summed E-state index contributed by atoms with van der Waals surface area (Å²) in [5, 5.41) is 0.828. The minimum absolute atomic E-state index is 0.359. The number of carbonyl (C=O) groups excluding carboxylic acids is 1. The number of nitrogens with zero attached hydrogens (tertiary/aromatic N) is 1. The van der Waals surface area contributed by atoms with E-state index in [9.17, 15) is 4.79 Å². The summed E-state index contributed by atoms with van der Waals surface area (Å²) >= 11 is 0. The maximum atomic E-state index is 13.3. The van der Waals surface area contributed by atoms with Crippen LogP contribution in [0.1, 0.15) is 32.7 Å². The topological polar surface area (TPSA) is 39.2 Å². The second-order valence-corrected chi connectivity index (χ2v) is 7.22. The van der Waals surface area contributed by atoms with Gasteiger partial charge in [0.2, 0.25) is 0 Å². The third kappa shape index (κ3) is 4.01. The number of allylic oxidation sites excluding steroid dienone is 1. The third-order valence-corrected chi connectivity index (χ3v) is 5.17. The summed E-state index contributed by atoms with van der Waals surface area (Å²) in [6, 6.07) is 25.5. The van der Waals surface area contributed by atoms with Crippen molar-refractivity contribution in [2.24, 2.45) is 0 Å². The molecule has 0 atom stereocenters. The Bertz CT molecular complexity index is 1210. The Labute approximate surface area is 176 Å². The Morgan fingerprint density at radius 2 is 1.67 bits per heavy atom. The van der Waals surface area contributed by atoms with Gasteiger partial charge in [-0.1, -0.05) is 66.7 Å². The summed E-state index contributed by atoms with van der Waals surface area (Å²) in [6.07, 6.45) is 3.05. The molecule has 3 nitrogen and oxygen atoms in total. The highest BCUT2D eigenvalue weighted by molar-refractivity contribution is 5.96. The monoisotopic (exact) mass is 393 g/mol. The van der Waals surface area contributed by atoms with Gasteiger partial charge in [-0.15, -0.1) is 6.58 Å². The van der Waals surface area contributed by atoms with Gasteiger partial charge in [0.1, 0.15) is 5.75 Å². The molecule has 0 spiro atoms. The Hall–Kier alpha value is -3.72. The summed E-state index contributed by atoms with van der Waals surface area (Å²) in [5.74, 6) is 0.208. The largest absolute Gasteiger partial charge is 0.422 e. The summed E-state index contributed by atoms with van der Waals surface area (Å²) in [4.78, 5) is 17.9. The molecule has 0 bridgehead atoms. The van der Waals surface area contributed by atoms with Crippen LogP contribution in [-0.2, 0) is 12.8 Å². The number of hydrogen-bond acceptors (Lipinski definition) is 3. The van der Waals surface area contributed by atoms with Gasteiger partial charge in [-0.25, -0.2) is 4.79 Å². The van der Waals surface area contributed by atoms with Gasteiger partial charge < -0.3 is 4.74 Å². The molecule has 4 rings (SSSR count). The summed E-state index contributed by atoms with van der Waals surface area (Å²) < 4.78 is 6.03. The predicted molar refractivity (Wildman–Crippen MR) is 121 cm³/mol. The molecule has 4 aromatic rings. The highest BCUT2D eigenvalue weighted by Gasteiger charge is 2.19. The second kappa shape index (κ2) is 8.75. The van der Waals surface area contributed by atoms with Crippen LogP contribution in [0.4, 0.5) is 0 Å². The van der Waals surface area contributed by atoms with Crippen molar-refractivity contribution in [3.8, 4) is 5.75 Å². The maximum absolute atomic E-state index is 13.3. The second-order valence-electron chi connectivity index (χ2n) is 7.22. The van der Waals surface area contributed by atoms with E-state index in [0.29, 0.717) is 24.2 Å². The Morgan fingerprint density at radius 1 is 0.967 bits per heavy atom. The third-order valence-electron chi connectivity index (χ3n) is 5.17. The van der Waals surface area contributed by atoms with Gasteiger partial charge in [0.05, 0.1) is 11.1 Å². The molecule has 0 saturated carbocycles. The van der Waals surface area contributed by atoms with Crippen LogP contribution in [0.5, 0.6) is 5.75 Å². The molecular weight excluding hydrogens is 370 g/mol. The lowest BCUT2D eigenvalue weighted by Crippen LogP contribution is -2.14. The van der Waals surface area contributed by atoms with Gasteiger partial charge in [0, 0.05) is 16.6 Å². The Balaban J connectivity index is 1.74. The first-order valence-corrected chi connectivity index (χ1v) is 10.0. The molecule has 1 heterocycles. The van der Waals surface area contributed by atoms with Crippen molar-refractivity contribution < 1.29 is 9.53 Å². The van der Waals surface area contributed by atoms with Crippen LogP contribution in [0.2, 0.25) is 0 Å². The van der Waals surface area contributed by atoms with Crippen molar-refractivity contribution in [3.05, 3.63) is 119 Å². The SMILES string of the molecule is C=CCc1c(C)nc2ccccc2c1OC(=O)c1ccccc1Cc1ccccc1. The van der Waals surface area contributed by atoms with Crippen LogP contribution in [0.3, 0.4) is 0 Å². The van der Waals surface area contributed by atoms with Crippen molar-refractivity contribution in [3.63, 3.8) is 0 Å². The smallest absolute Gasteiger partial charge is 0.343 e. The average molecular weight is 393 g/mol. The molecule has 0 radical (unpaired) electrons. The quantitative estimate of drug-likeness (QED) is 0.294. The number of fused-ring (bicyclic) bond motifs is 1. The number of aryl methyl sites for hydroxylation is 1. The molecule has 0 fully saturated rings. The molecule has 0 unspecified atom stereocenters. The number of pyridine rings is 1. The molecule has 3 heteroatoms. The van der Waals surface area contributed by atoms with E-state index in [1.54, 1.807) is 6.08 Å². The summed E-state index contributed by atoms with van der Waals surface area (Å²) in [5.41, 5.74) is 5.20. The maximum Gasteiger partial charge on any atom is 0.343 e. The number of ether oxygens (including phenoxy) is 1. The van der Waals surface area contributed by atoms with Gasteiger partial charge >= 0.3 is 5.97 Å². The van der Waals surface area contributed by atoms with E-state index >= 15 is 0 Å². The first-order chi connectivity index (χ1) is 14.7. The summed E-state index contributed by atoms with van der Waals surface area (Å²) in [6.45, 7) is 5.78. The minimum Gasteiger partial charge on any atom is -0.422 e. The van der Waals surface area contributed by atoms with Crippen LogP contribution < -0.4 is 4.74 Å². The van der Waals surface area contributed by atoms with Gasteiger partial charge in [-0.2, -0.15) is 0 Å². The first-order valence-electron chi connectivity index (χ1n) is 10.0. The zero-order valence-corrected chi connectivity index (χ0v) is 17.0. The molecule has 3 aromatic carbocycles. The molecule has 0 aliphatic rings. The molecule has 148 valence electrons. The molecule has 0 amide bonds. The van der Waals surface area contributed by atoms with Crippen LogP contribution in [0.15, 0.2) is 91.5 Å². The average Bonchev–Trinajstić information content (AvgIpc) is 2.77. The van der Waals surface area contributed by atoms with Crippen LogP contribution in [0, 0.1) is 6.92 Å². The highest BCUT2D eigenvalue weighted by Crippen LogP contribution is 2.32. The Morgan fingerprint density at radius 3 is 2.47 bits per heavy atom. The number of hydrogen-bond donors (Lipinski definition) is 0. The molecular formula is C27H23NO2. The van der Waals surface area contributed by atoms with Crippen LogP contribution >= 0.6 is 0 Å². The molecule has 0 aliphatic heterocycles. The van der Waals surface area contributed by atoms with Gasteiger partial charge in [-0.05, 0) is 49.1 Å². The normalized spacial score (nSPS) is 10.7. The van der Waals surface area contributed by atoms with Crippen LogP contribution in [-0.4, -0.2) is 11.0 Å². The van der Waals surface area contributed by atoms with Gasteiger partial charge in [-0.3, -0.25) is 4.98 Å². The van der Waals surface area contributed by atoms with E-state index in [-0.39, 0.29) is 5.97 Å². The standard InChI is InChI=1S/C27H23NO2/c1-3-11-22-19(2)28-25-17-10-9-16-24(25)26(22)30-27(29)23-15-8-7-14-21(23)18-20-12-5-4-6-13-20/h3-10,12-17H,1,11,18H2,2H3. The number of benzene rings is 3. The minimum atomic E-state index is -0.359. The van der Waals surface area contributed by atoms with Crippen molar-refractivity contribution in [1.82, 2.24) is 4.98 Å². The van der Waals surface area contributed by atoms with Crippen molar-refractivity contribution in [2.45, 2.75) is 19.8 Å². The van der Waals surface area contributed by atoms with Crippen molar-refractivity contribution in [1.29, 1.82) is 0 Å². The van der Waals surface area contributed by atoms with E-state index in [1.165, 1.54) is 0 Å². The van der Waals surface area contributed by atoms with Gasteiger partial charge in [0.15, 0.2) is 0 Å². The lowest BCUT2D eigenvalue weighted by atomic mass is 9.99. The number of esters is 1. The zero-order valence-electron chi connectivity index (χ0n) is 17.0. The van der Waals surface area contributed by atoms with E-state index < -0.39 is 0 Å². The fourth-order valence-corrected chi connectivity index (χ4v) is 3.68. The number of para-hydroxylation sites is 1. The fraction of sp³-hybridized carbons (Fsp3) is 0.111. The van der Waals surface area contributed by atoms with Crippen LogP contribution in [0.25, 0.3) is 10.9 Å². The Kier molecular flexibility index (Phi) is 5.71. The zero-order chi connectivity index (χ0) is 20.9. The fourth-order valence-electron chi connectivity index (χ4n) is 3.68. The first kappa shape index (κ1) is 19.6. The van der Waals surface area contributed by atoms with Crippen molar-refractivity contribution in [2.75, 3.05) is 0 Å². The number of aromatic nitrogens is 1. The van der Waals surface area contributed by atoms with E-state index in [1.807, 2.05) is 73.7 Å². The van der Waals surface area contributed by atoms with E-state index in [2.05, 4.69) is 23.7 Å². The van der Waals surface area contributed by atoms with Gasteiger partial charge in [0.25, 0.3) is 0 Å². The molecule has 1 aromatic heterocycles. The predicted octanol–water partition coefficient (Wildman–Crippen LogP) is 6.08. The molecule has 0 N–H and O–H groups in total. The van der Waals surface area contributed by atoms with E-state index in [4.69, 9.17) is 4.74 Å². The number of carbonyl (C=O) groups is 1. The highest BCUT2D eigenvalue weighted by atomic mass is 16.5. The lowest BCUT2D eigenvalue weighted by Gasteiger charge is -2.15. The van der Waals surface area contributed by atoms with Crippen molar-refractivity contribution >= 4 is 16.9 Å². The lowest BCUT2D eigenvalue weighted by molar-refractivity contribution is 0.0734. The number of rotatable bonds is 6. The van der Waals surface area contributed by atoms with E-state index in [0.717, 1.165) is 33.3 Å². The molecule has 30 heavy (non-hydrogen) atoms. The molecule has 0 saturated heterocycles. The summed E-state index contributed by atoms with van der Waals surface area (Å²) in [7, 11) is 0.